The van der Waals surface area contributed by atoms with Gasteiger partial charge in [-0.1, -0.05) is 6.07 Å². The summed E-state index contributed by atoms with van der Waals surface area (Å²) in [5.74, 6) is 0.000298. The molecule has 2 N–H and O–H groups in total. The first-order valence-corrected chi connectivity index (χ1v) is 9.17. The van der Waals surface area contributed by atoms with Crippen LogP contribution >= 0.6 is 0 Å². The smallest absolute Gasteiger partial charge is 0.272 e. The minimum absolute atomic E-state index is 0.000298. The molecule has 1 amide bonds. The number of piperazine rings is 1. The fourth-order valence-corrected chi connectivity index (χ4v) is 3.68. The molecule has 2 aromatic heterocycles. The molecule has 4 heterocycles. The Hall–Kier alpha value is -2.51. The number of hydrogen-bond donors (Lipinski definition) is 1. The molecule has 2 aromatic rings. The van der Waals surface area contributed by atoms with Gasteiger partial charge in [0.2, 0.25) is 0 Å². The summed E-state index contributed by atoms with van der Waals surface area (Å²) in [7, 11) is 0. The van der Waals surface area contributed by atoms with E-state index in [1.165, 1.54) is 12.8 Å². The van der Waals surface area contributed by atoms with Gasteiger partial charge in [-0.2, -0.15) is 0 Å². The van der Waals surface area contributed by atoms with Crippen molar-refractivity contribution in [2.24, 2.45) is 0 Å². The molecule has 0 bridgehead atoms. The summed E-state index contributed by atoms with van der Waals surface area (Å²) in [6, 6.07) is 5.53. The van der Waals surface area contributed by atoms with Gasteiger partial charge in [0.25, 0.3) is 5.91 Å². The van der Waals surface area contributed by atoms with Crippen molar-refractivity contribution < 1.29 is 4.79 Å². The van der Waals surface area contributed by atoms with E-state index < -0.39 is 0 Å². The zero-order valence-electron chi connectivity index (χ0n) is 14.8. The summed E-state index contributed by atoms with van der Waals surface area (Å²) in [6.07, 6.45) is 7.58. The van der Waals surface area contributed by atoms with Gasteiger partial charge >= 0.3 is 0 Å². The lowest BCUT2D eigenvalue weighted by molar-refractivity contribution is -0.0356. The number of pyridine rings is 2. The maximum atomic E-state index is 12.7. The van der Waals surface area contributed by atoms with Gasteiger partial charge in [-0.05, 0) is 25.0 Å². The van der Waals surface area contributed by atoms with Crippen molar-refractivity contribution in [3.8, 4) is 11.1 Å². The fraction of sp³-hybridized carbons (Fsp3) is 0.421. The van der Waals surface area contributed by atoms with Crippen LogP contribution in [0.2, 0.25) is 0 Å². The molecule has 7 heteroatoms. The van der Waals surface area contributed by atoms with E-state index in [1.807, 2.05) is 17.0 Å². The molecule has 0 aromatic carbocycles. The number of amides is 1. The molecule has 2 fully saturated rings. The minimum atomic E-state index is 0.000298. The van der Waals surface area contributed by atoms with Crippen molar-refractivity contribution in [3.63, 3.8) is 0 Å². The Morgan fingerprint density at radius 2 is 1.65 bits per heavy atom. The van der Waals surface area contributed by atoms with E-state index in [1.54, 1.807) is 24.7 Å². The maximum absolute atomic E-state index is 12.7. The molecule has 0 atom stereocenters. The summed E-state index contributed by atoms with van der Waals surface area (Å²) in [5.41, 5.74) is 8.81. The molecule has 7 nitrogen and oxygen atoms in total. The maximum Gasteiger partial charge on any atom is 0.272 e. The number of aromatic nitrogens is 2. The van der Waals surface area contributed by atoms with Crippen molar-refractivity contribution in [2.75, 3.05) is 45.0 Å². The first kappa shape index (κ1) is 16.9. The summed E-state index contributed by atoms with van der Waals surface area (Å²) < 4.78 is 0. The molecular weight excluding hydrogens is 328 g/mol. The van der Waals surface area contributed by atoms with Crippen LogP contribution in [0.15, 0.2) is 36.8 Å². The van der Waals surface area contributed by atoms with Gasteiger partial charge in [-0.25, -0.2) is 10.0 Å². The molecule has 0 spiro atoms. The Kier molecular flexibility index (Phi) is 4.81. The molecule has 26 heavy (non-hydrogen) atoms. The summed E-state index contributed by atoms with van der Waals surface area (Å²) >= 11 is 0. The predicted molar refractivity (Wildman–Crippen MR) is 100 cm³/mol. The monoisotopic (exact) mass is 352 g/mol. The first-order chi connectivity index (χ1) is 12.7. The van der Waals surface area contributed by atoms with Crippen LogP contribution in [0.4, 0.5) is 5.69 Å². The minimum Gasteiger partial charge on any atom is -0.397 e. The van der Waals surface area contributed by atoms with E-state index in [9.17, 15) is 4.79 Å². The van der Waals surface area contributed by atoms with Gasteiger partial charge in [-0.15, -0.1) is 0 Å². The average Bonchev–Trinajstić information content (AvgIpc) is 3.23. The molecule has 4 rings (SSSR count). The number of nitrogens with two attached hydrogens (primary N) is 1. The largest absolute Gasteiger partial charge is 0.397 e. The van der Waals surface area contributed by atoms with Crippen molar-refractivity contribution >= 4 is 11.6 Å². The second-order valence-electron chi connectivity index (χ2n) is 6.80. The third-order valence-corrected chi connectivity index (χ3v) is 5.17. The topological polar surface area (TPSA) is 78.6 Å². The normalized spacial score (nSPS) is 19.0. The third-order valence-electron chi connectivity index (χ3n) is 5.17. The van der Waals surface area contributed by atoms with Crippen molar-refractivity contribution in [2.45, 2.75) is 12.8 Å². The molecule has 2 saturated heterocycles. The average molecular weight is 352 g/mol. The number of carbonyl (C=O) groups is 1. The number of carbonyl (C=O) groups excluding carboxylic acids is 1. The van der Waals surface area contributed by atoms with E-state index in [4.69, 9.17) is 5.73 Å². The molecule has 0 unspecified atom stereocenters. The number of rotatable bonds is 3. The van der Waals surface area contributed by atoms with Gasteiger partial charge in [0.15, 0.2) is 0 Å². The highest BCUT2D eigenvalue weighted by atomic mass is 16.2. The Bertz CT molecular complexity index is 764. The van der Waals surface area contributed by atoms with E-state index >= 15 is 0 Å². The van der Waals surface area contributed by atoms with E-state index in [0.717, 1.165) is 50.4 Å². The van der Waals surface area contributed by atoms with Gasteiger partial charge < -0.3 is 10.6 Å². The number of hydrogen-bond acceptors (Lipinski definition) is 6. The van der Waals surface area contributed by atoms with Crippen molar-refractivity contribution in [1.29, 1.82) is 0 Å². The van der Waals surface area contributed by atoms with Crippen molar-refractivity contribution in [3.05, 3.63) is 42.5 Å². The Morgan fingerprint density at radius 3 is 2.31 bits per heavy atom. The lowest BCUT2D eigenvalue weighted by Crippen LogP contribution is -2.54. The molecular formula is C19H24N6O. The number of anilines is 1. The highest BCUT2D eigenvalue weighted by Gasteiger charge is 2.27. The predicted octanol–water partition coefficient (Wildman–Crippen LogP) is 1.49. The van der Waals surface area contributed by atoms with Crippen molar-refractivity contribution in [1.82, 2.24) is 24.9 Å². The summed E-state index contributed by atoms with van der Waals surface area (Å²) in [5, 5.41) is 4.81. The van der Waals surface area contributed by atoms with Crippen LogP contribution in [0.25, 0.3) is 11.1 Å². The van der Waals surface area contributed by atoms with Crippen LogP contribution < -0.4 is 5.73 Å². The lowest BCUT2D eigenvalue weighted by Gasteiger charge is -2.39. The number of hydrazine groups is 1. The Labute approximate surface area is 153 Å². The molecule has 136 valence electrons. The highest BCUT2D eigenvalue weighted by molar-refractivity contribution is 5.93. The second-order valence-corrected chi connectivity index (χ2v) is 6.80. The van der Waals surface area contributed by atoms with E-state index in [0.29, 0.717) is 11.4 Å². The standard InChI is InChI=1S/C19H24N6O/c20-17-14-21-6-5-16(17)15-3-4-18(22-13-15)19(26)23-9-11-25(12-10-23)24-7-1-2-8-24/h3-6,13-14H,1-2,7-12,20H2. The highest BCUT2D eigenvalue weighted by Crippen LogP contribution is 2.24. The molecule has 2 aliphatic rings. The van der Waals surface area contributed by atoms with Gasteiger partial charge in [0.05, 0.1) is 11.9 Å². The van der Waals surface area contributed by atoms with Gasteiger partial charge in [-0.3, -0.25) is 14.8 Å². The van der Waals surface area contributed by atoms with Crippen LogP contribution in [0, 0.1) is 0 Å². The number of nitrogens with zero attached hydrogens (tertiary/aromatic N) is 5. The summed E-state index contributed by atoms with van der Waals surface area (Å²) in [4.78, 5) is 23.0. The Morgan fingerprint density at radius 1 is 0.923 bits per heavy atom. The van der Waals surface area contributed by atoms with Gasteiger partial charge in [0, 0.05) is 62.8 Å². The third kappa shape index (κ3) is 3.40. The fourth-order valence-electron chi connectivity index (χ4n) is 3.68. The SMILES string of the molecule is Nc1cnccc1-c1ccc(C(=O)N2CCN(N3CCCC3)CC2)nc1. The molecule has 2 aliphatic heterocycles. The quantitative estimate of drug-likeness (QED) is 0.902. The second kappa shape index (κ2) is 7.39. The van der Waals surface area contributed by atoms with E-state index in [-0.39, 0.29) is 5.91 Å². The number of nitrogen functional groups attached to an aromatic ring is 1. The molecule has 0 saturated carbocycles. The lowest BCUT2D eigenvalue weighted by atomic mass is 10.1. The zero-order chi connectivity index (χ0) is 17.9. The van der Waals surface area contributed by atoms with E-state index in [2.05, 4.69) is 20.0 Å². The summed E-state index contributed by atoms with van der Waals surface area (Å²) in [6.45, 7) is 5.59. The molecule has 0 radical (unpaired) electrons. The van der Waals surface area contributed by atoms with Crippen LogP contribution in [-0.4, -0.2) is 70.1 Å². The van der Waals surface area contributed by atoms with Crippen LogP contribution in [0.3, 0.4) is 0 Å². The van der Waals surface area contributed by atoms with Gasteiger partial charge in [0.1, 0.15) is 5.69 Å². The Balaban J connectivity index is 1.40. The first-order valence-electron chi connectivity index (χ1n) is 9.17. The van der Waals surface area contributed by atoms with Crippen LogP contribution in [0.5, 0.6) is 0 Å². The molecule has 0 aliphatic carbocycles. The van der Waals surface area contributed by atoms with Crippen LogP contribution in [-0.2, 0) is 0 Å². The van der Waals surface area contributed by atoms with Crippen LogP contribution in [0.1, 0.15) is 23.3 Å². The zero-order valence-corrected chi connectivity index (χ0v) is 14.8.